The SMILES string of the molecule is C/C(=C(\N=C(N(C)C=O)N1CCC(N)CC1)c1ccc(O)cc1)c1ccc2c(ccn2C)c1. The van der Waals surface area contributed by atoms with Gasteiger partial charge in [0.15, 0.2) is 0 Å². The van der Waals surface area contributed by atoms with Crippen molar-refractivity contribution in [2.45, 2.75) is 25.8 Å². The number of piperidine rings is 1. The van der Waals surface area contributed by atoms with Crippen LogP contribution in [0.4, 0.5) is 0 Å². The number of phenolic OH excluding ortho intramolecular Hbond substituents is 1. The van der Waals surface area contributed by atoms with Crippen LogP contribution >= 0.6 is 0 Å². The molecule has 7 nitrogen and oxygen atoms in total. The molecule has 0 aliphatic carbocycles. The third-order valence-electron chi connectivity index (χ3n) is 6.32. The predicted octanol–water partition coefficient (Wildman–Crippen LogP) is 3.64. The van der Waals surface area contributed by atoms with Gasteiger partial charge in [-0.25, -0.2) is 4.99 Å². The van der Waals surface area contributed by atoms with E-state index >= 15 is 0 Å². The highest BCUT2D eigenvalue weighted by Gasteiger charge is 2.23. The third-order valence-corrected chi connectivity index (χ3v) is 6.32. The molecule has 0 saturated carbocycles. The summed E-state index contributed by atoms with van der Waals surface area (Å²) in [6, 6.07) is 15.6. The zero-order valence-corrected chi connectivity index (χ0v) is 19.4. The molecule has 172 valence electrons. The summed E-state index contributed by atoms with van der Waals surface area (Å²) in [6.07, 6.45) is 4.54. The second-order valence-corrected chi connectivity index (χ2v) is 8.67. The lowest BCUT2D eigenvalue weighted by atomic mass is 9.99. The highest BCUT2D eigenvalue weighted by molar-refractivity contribution is 5.99. The van der Waals surface area contributed by atoms with Gasteiger partial charge in [-0.1, -0.05) is 6.07 Å². The van der Waals surface area contributed by atoms with E-state index in [9.17, 15) is 9.90 Å². The summed E-state index contributed by atoms with van der Waals surface area (Å²) in [4.78, 5) is 20.4. The molecule has 1 fully saturated rings. The molecule has 3 aromatic rings. The van der Waals surface area contributed by atoms with E-state index in [2.05, 4.69) is 33.7 Å². The highest BCUT2D eigenvalue weighted by Crippen LogP contribution is 2.31. The van der Waals surface area contributed by atoms with Gasteiger partial charge in [-0.2, -0.15) is 0 Å². The van der Waals surface area contributed by atoms with Crippen molar-refractivity contribution in [3.63, 3.8) is 0 Å². The first kappa shape index (κ1) is 22.6. The number of carbonyl (C=O) groups excluding carboxylic acids is 1. The number of nitrogens with two attached hydrogens (primary N) is 1. The predicted molar refractivity (Wildman–Crippen MR) is 134 cm³/mol. The van der Waals surface area contributed by atoms with Gasteiger partial charge >= 0.3 is 0 Å². The number of nitrogens with zero attached hydrogens (tertiary/aromatic N) is 4. The number of allylic oxidation sites excluding steroid dienone is 1. The highest BCUT2D eigenvalue weighted by atomic mass is 16.3. The fourth-order valence-corrected chi connectivity index (χ4v) is 4.26. The Bertz CT molecular complexity index is 1200. The summed E-state index contributed by atoms with van der Waals surface area (Å²) in [7, 11) is 3.75. The van der Waals surface area contributed by atoms with Gasteiger partial charge in [-0.15, -0.1) is 0 Å². The van der Waals surface area contributed by atoms with Crippen molar-refractivity contribution in [1.82, 2.24) is 14.4 Å². The van der Waals surface area contributed by atoms with Crippen LogP contribution in [0.1, 0.15) is 30.9 Å². The Morgan fingerprint density at radius 3 is 2.45 bits per heavy atom. The number of hydrogen-bond donors (Lipinski definition) is 2. The van der Waals surface area contributed by atoms with E-state index in [1.165, 1.54) is 4.90 Å². The average molecular weight is 446 g/mol. The molecule has 1 saturated heterocycles. The second-order valence-electron chi connectivity index (χ2n) is 8.67. The lowest BCUT2D eigenvalue weighted by Gasteiger charge is -2.34. The number of phenols is 1. The number of likely N-dealkylation sites (tertiary alicyclic amines) is 1. The van der Waals surface area contributed by atoms with Gasteiger partial charge in [0.05, 0.1) is 5.70 Å². The first-order chi connectivity index (χ1) is 15.9. The summed E-state index contributed by atoms with van der Waals surface area (Å²) in [5.74, 6) is 0.792. The molecule has 1 aliphatic rings. The lowest BCUT2D eigenvalue weighted by molar-refractivity contribution is -0.114. The topological polar surface area (TPSA) is 87.1 Å². The van der Waals surface area contributed by atoms with Crippen molar-refractivity contribution in [2.24, 2.45) is 17.8 Å². The first-order valence-electron chi connectivity index (χ1n) is 11.2. The lowest BCUT2D eigenvalue weighted by Crippen LogP contribution is -2.48. The Kier molecular flexibility index (Phi) is 6.51. The largest absolute Gasteiger partial charge is 0.508 e. The molecule has 2 heterocycles. The molecule has 0 radical (unpaired) electrons. The molecule has 1 aromatic heterocycles. The summed E-state index contributed by atoms with van der Waals surface area (Å²) in [5.41, 5.74) is 10.9. The number of guanidine groups is 1. The van der Waals surface area contributed by atoms with Crippen molar-refractivity contribution < 1.29 is 9.90 Å². The number of aromatic nitrogens is 1. The van der Waals surface area contributed by atoms with Gasteiger partial charge in [0.1, 0.15) is 5.75 Å². The molecule has 33 heavy (non-hydrogen) atoms. The Balaban J connectivity index is 1.87. The molecule has 0 spiro atoms. The van der Waals surface area contributed by atoms with Crippen molar-refractivity contribution in [3.8, 4) is 5.75 Å². The molecule has 2 aromatic carbocycles. The smallest absolute Gasteiger partial charge is 0.216 e. The summed E-state index contributed by atoms with van der Waals surface area (Å²) >= 11 is 0. The van der Waals surface area contributed by atoms with E-state index in [1.54, 1.807) is 19.2 Å². The summed E-state index contributed by atoms with van der Waals surface area (Å²) in [6.45, 7) is 3.53. The van der Waals surface area contributed by atoms with Crippen LogP contribution < -0.4 is 5.73 Å². The summed E-state index contributed by atoms with van der Waals surface area (Å²) in [5, 5.41) is 11.0. The Hall–Kier alpha value is -3.58. The van der Waals surface area contributed by atoms with E-state index in [4.69, 9.17) is 10.7 Å². The quantitative estimate of drug-likeness (QED) is 0.278. The molecule has 0 unspecified atom stereocenters. The van der Waals surface area contributed by atoms with Crippen LogP contribution in [0.15, 0.2) is 59.7 Å². The van der Waals surface area contributed by atoms with Crippen molar-refractivity contribution in [3.05, 3.63) is 65.9 Å². The monoisotopic (exact) mass is 445 g/mol. The van der Waals surface area contributed by atoms with E-state index in [-0.39, 0.29) is 11.8 Å². The number of aliphatic imine (C=N–C) groups is 1. The van der Waals surface area contributed by atoms with Gasteiger partial charge in [0.2, 0.25) is 12.4 Å². The normalized spacial score (nSPS) is 16.1. The molecule has 1 amide bonds. The van der Waals surface area contributed by atoms with Crippen LogP contribution in [-0.4, -0.2) is 58.0 Å². The third kappa shape index (κ3) is 4.78. The van der Waals surface area contributed by atoms with E-state index in [1.807, 2.05) is 32.3 Å². The van der Waals surface area contributed by atoms with E-state index in [0.29, 0.717) is 5.96 Å². The number of aromatic hydroxyl groups is 1. The molecular formula is C26H31N5O2. The number of rotatable bonds is 4. The van der Waals surface area contributed by atoms with Crippen LogP contribution in [0.3, 0.4) is 0 Å². The minimum atomic E-state index is 0.176. The van der Waals surface area contributed by atoms with Gasteiger partial charge in [0, 0.05) is 55.9 Å². The number of fused-ring (bicyclic) bond motifs is 1. The Labute approximate surface area is 194 Å². The molecule has 7 heteroatoms. The van der Waals surface area contributed by atoms with Crippen LogP contribution in [0.5, 0.6) is 5.75 Å². The van der Waals surface area contributed by atoms with E-state index < -0.39 is 0 Å². The standard InChI is InChI=1S/C26H31N5O2/c1-18(20-6-9-24-21(16-20)10-13-29(24)2)25(19-4-7-23(33)8-5-19)28-26(30(3)17-32)31-14-11-22(27)12-15-31/h4-10,13,16-17,22,33H,11-12,14-15,27H2,1-3H3/b25-18+,28-26?. The fourth-order valence-electron chi connectivity index (χ4n) is 4.26. The molecule has 4 rings (SSSR count). The van der Waals surface area contributed by atoms with Crippen molar-refractivity contribution in [1.29, 1.82) is 0 Å². The molecule has 0 bridgehead atoms. The van der Waals surface area contributed by atoms with Crippen LogP contribution in [0.25, 0.3) is 22.2 Å². The summed E-state index contributed by atoms with van der Waals surface area (Å²) < 4.78 is 2.09. The Morgan fingerprint density at radius 1 is 1.12 bits per heavy atom. The van der Waals surface area contributed by atoms with Crippen LogP contribution in [0, 0.1) is 0 Å². The first-order valence-corrected chi connectivity index (χ1v) is 11.2. The van der Waals surface area contributed by atoms with Crippen LogP contribution in [-0.2, 0) is 11.8 Å². The maximum Gasteiger partial charge on any atom is 0.216 e. The number of hydrogen-bond acceptors (Lipinski definition) is 4. The van der Waals surface area contributed by atoms with Crippen molar-refractivity contribution >= 4 is 34.5 Å². The van der Waals surface area contributed by atoms with Gasteiger partial charge < -0.3 is 20.3 Å². The minimum absolute atomic E-state index is 0.176. The number of carbonyl (C=O) groups is 1. The second kappa shape index (κ2) is 9.50. The van der Waals surface area contributed by atoms with Gasteiger partial charge in [-0.05, 0) is 73.4 Å². The van der Waals surface area contributed by atoms with E-state index in [0.717, 1.165) is 65.6 Å². The van der Waals surface area contributed by atoms with Gasteiger partial charge in [0.25, 0.3) is 0 Å². The number of amides is 1. The van der Waals surface area contributed by atoms with Crippen LogP contribution in [0.2, 0.25) is 0 Å². The zero-order chi connectivity index (χ0) is 23.5. The molecular weight excluding hydrogens is 414 g/mol. The Morgan fingerprint density at radius 2 is 1.79 bits per heavy atom. The molecule has 0 atom stereocenters. The van der Waals surface area contributed by atoms with Crippen molar-refractivity contribution in [2.75, 3.05) is 20.1 Å². The number of aryl methyl sites for hydroxylation is 1. The van der Waals surface area contributed by atoms with Gasteiger partial charge in [-0.3, -0.25) is 9.69 Å². The zero-order valence-electron chi connectivity index (χ0n) is 19.4. The number of benzene rings is 2. The molecule has 3 N–H and O–H groups in total. The molecule has 1 aliphatic heterocycles. The fraction of sp³-hybridized carbons (Fsp3) is 0.308. The maximum atomic E-state index is 11.7. The minimum Gasteiger partial charge on any atom is -0.508 e. The average Bonchev–Trinajstić information content (AvgIpc) is 3.20. The maximum absolute atomic E-state index is 11.7.